The van der Waals surface area contributed by atoms with Gasteiger partial charge in [-0.3, -0.25) is 0 Å². The molecule has 1 aliphatic rings. The van der Waals surface area contributed by atoms with Crippen LogP contribution in [0.1, 0.15) is 39.0 Å². The van der Waals surface area contributed by atoms with Crippen LogP contribution < -0.4 is 0 Å². The molecule has 3 nitrogen and oxygen atoms in total. The quantitative estimate of drug-likeness (QED) is 0.612. The van der Waals surface area contributed by atoms with Crippen molar-refractivity contribution in [1.82, 2.24) is 0 Å². The first-order chi connectivity index (χ1) is 7.36. The monoisotopic (exact) mass is 215 g/mol. The van der Waals surface area contributed by atoms with E-state index >= 15 is 0 Å². The molecule has 0 aromatic heterocycles. The minimum atomic E-state index is -0.151. The third-order valence-electron chi connectivity index (χ3n) is 3.18. The maximum absolute atomic E-state index is 10.1. The van der Waals surface area contributed by atoms with Gasteiger partial charge in [0.25, 0.3) is 0 Å². The zero-order chi connectivity index (χ0) is 10.9. The molecule has 1 fully saturated rings. The Morgan fingerprint density at radius 3 is 2.40 bits per heavy atom. The zero-order valence-corrected chi connectivity index (χ0v) is 9.74. The summed E-state index contributed by atoms with van der Waals surface area (Å²) in [6.45, 7) is 3.63. The molecule has 15 heavy (non-hydrogen) atoms. The molecule has 0 saturated heterocycles. The van der Waals surface area contributed by atoms with Crippen LogP contribution in [0.15, 0.2) is 0 Å². The highest BCUT2D eigenvalue weighted by Gasteiger charge is 2.19. The maximum atomic E-state index is 10.1. The summed E-state index contributed by atoms with van der Waals surface area (Å²) in [6.07, 6.45) is 6.74. The van der Waals surface area contributed by atoms with Gasteiger partial charge >= 0.3 is 0 Å². The van der Waals surface area contributed by atoms with E-state index in [1.165, 1.54) is 32.1 Å². The van der Waals surface area contributed by atoms with Crippen molar-refractivity contribution in [3.63, 3.8) is 0 Å². The Bertz CT molecular complexity index is 142. The Labute approximate surface area is 92.8 Å². The van der Waals surface area contributed by atoms with Gasteiger partial charge in [0.1, 0.15) is 6.61 Å². The summed E-state index contributed by atoms with van der Waals surface area (Å²) in [5.41, 5.74) is 0. The van der Waals surface area contributed by atoms with Gasteiger partial charge in [-0.1, -0.05) is 13.3 Å². The summed E-state index contributed by atoms with van der Waals surface area (Å²) in [7, 11) is 0. The van der Waals surface area contributed by atoms with Crippen LogP contribution in [0.4, 0.5) is 0 Å². The van der Waals surface area contributed by atoms with E-state index in [-0.39, 0.29) is 6.61 Å². The van der Waals surface area contributed by atoms with E-state index in [1.807, 2.05) is 0 Å². The number of hydrogen-bond donors (Lipinski definition) is 0. The van der Waals surface area contributed by atoms with Crippen LogP contribution >= 0.6 is 0 Å². The summed E-state index contributed by atoms with van der Waals surface area (Å²) in [4.78, 5) is 0. The lowest BCUT2D eigenvalue weighted by molar-refractivity contribution is -0.0250. The largest absolute Gasteiger partial charge is 0.377 e. The van der Waals surface area contributed by atoms with Crippen molar-refractivity contribution < 1.29 is 14.6 Å². The summed E-state index contributed by atoms with van der Waals surface area (Å²) in [5, 5.41) is 10.1. The molecule has 0 aromatic rings. The molecule has 3 heteroatoms. The van der Waals surface area contributed by atoms with Gasteiger partial charge in [0.05, 0.1) is 25.9 Å². The van der Waals surface area contributed by atoms with Crippen molar-refractivity contribution in [3.05, 3.63) is 0 Å². The third kappa shape index (κ3) is 5.50. The standard InChI is InChI=1S/C12H23O3/c1-2-11-3-5-12(6-4-11)15-10-9-14-8-7-13/h11-12H,2-10H2,1H3. The molecule has 1 saturated carbocycles. The number of rotatable bonds is 7. The highest BCUT2D eigenvalue weighted by molar-refractivity contribution is 4.71. The van der Waals surface area contributed by atoms with Gasteiger partial charge in [-0.25, -0.2) is 5.11 Å². The van der Waals surface area contributed by atoms with Crippen LogP contribution in [0.2, 0.25) is 0 Å². The van der Waals surface area contributed by atoms with Crippen molar-refractivity contribution in [2.45, 2.75) is 45.1 Å². The fourth-order valence-electron chi connectivity index (χ4n) is 2.14. The summed E-state index contributed by atoms with van der Waals surface area (Å²) in [6, 6.07) is 0. The summed E-state index contributed by atoms with van der Waals surface area (Å²) >= 11 is 0. The lowest BCUT2D eigenvalue weighted by Crippen LogP contribution is -2.23. The summed E-state index contributed by atoms with van der Waals surface area (Å²) in [5.74, 6) is 0.918. The highest BCUT2D eigenvalue weighted by Crippen LogP contribution is 2.27. The molecule has 89 valence electrons. The molecular weight excluding hydrogens is 192 g/mol. The van der Waals surface area contributed by atoms with Crippen molar-refractivity contribution in [2.24, 2.45) is 5.92 Å². The lowest BCUT2D eigenvalue weighted by Gasteiger charge is -2.27. The second-order valence-electron chi connectivity index (χ2n) is 4.24. The molecule has 1 aliphatic carbocycles. The van der Waals surface area contributed by atoms with Gasteiger partial charge in [0, 0.05) is 0 Å². The second-order valence-corrected chi connectivity index (χ2v) is 4.24. The molecule has 0 aromatic carbocycles. The first-order valence-electron chi connectivity index (χ1n) is 6.14. The Hall–Kier alpha value is -0.120. The average Bonchev–Trinajstić information content (AvgIpc) is 2.30. The Morgan fingerprint density at radius 1 is 1.07 bits per heavy atom. The Morgan fingerprint density at radius 2 is 1.80 bits per heavy atom. The van der Waals surface area contributed by atoms with Crippen LogP contribution in [0, 0.1) is 5.92 Å². The van der Waals surface area contributed by atoms with E-state index in [1.54, 1.807) is 0 Å². The fraction of sp³-hybridized carbons (Fsp3) is 1.00. The van der Waals surface area contributed by atoms with Gasteiger partial charge in [-0.15, -0.1) is 0 Å². The maximum Gasteiger partial charge on any atom is 0.106 e. The Balaban J connectivity index is 1.94. The van der Waals surface area contributed by atoms with Gasteiger partial charge in [0.15, 0.2) is 0 Å². The molecule has 0 unspecified atom stereocenters. The lowest BCUT2D eigenvalue weighted by atomic mass is 9.86. The SMILES string of the molecule is CCC1CCC(OCCOCC[O])CC1. The van der Waals surface area contributed by atoms with Gasteiger partial charge in [-0.05, 0) is 31.6 Å². The van der Waals surface area contributed by atoms with Gasteiger partial charge in [0.2, 0.25) is 0 Å². The molecule has 1 radical (unpaired) electrons. The molecule has 1 rings (SSSR count). The predicted molar refractivity (Wildman–Crippen MR) is 58.4 cm³/mol. The smallest absolute Gasteiger partial charge is 0.106 e. The van der Waals surface area contributed by atoms with Crippen LogP contribution in [0.25, 0.3) is 0 Å². The second kappa shape index (κ2) is 8.08. The van der Waals surface area contributed by atoms with E-state index in [2.05, 4.69) is 6.92 Å². The van der Waals surface area contributed by atoms with E-state index < -0.39 is 0 Å². The predicted octanol–water partition coefficient (Wildman–Crippen LogP) is 2.42. The fourth-order valence-corrected chi connectivity index (χ4v) is 2.14. The van der Waals surface area contributed by atoms with Gasteiger partial charge in [-0.2, -0.15) is 0 Å². The first-order valence-corrected chi connectivity index (χ1v) is 6.14. The Kier molecular flexibility index (Phi) is 6.98. The zero-order valence-electron chi connectivity index (χ0n) is 9.74. The highest BCUT2D eigenvalue weighted by atomic mass is 16.5. The van der Waals surface area contributed by atoms with Crippen LogP contribution in [-0.4, -0.2) is 32.5 Å². The topological polar surface area (TPSA) is 38.4 Å². The van der Waals surface area contributed by atoms with Crippen molar-refractivity contribution in [1.29, 1.82) is 0 Å². The van der Waals surface area contributed by atoms with E-state index in [9.17, 15) is 5.11 Å². The molecule has 0 aliphatic heterocycles. The van der Waals surface area contributed by atoms with Crippen molar-refractivity contribution >= 4 is 0 Å². The molecule has 0 bridgehead atoms. The van der Waals surface area contributed by atoms with E-state index in [0.717, 1.165) is 5.92 Å². The molecule has 0 N–H and O–H groups in total. The van der Waals surface area contributed by atoms with Crippen molar-refractivity contribution in [2.75, 3.05) is 26.4 Å². The average molecular weight is 215 g/mol. The van der Waals surface area contributed by atoms with Gasteiger partial charge < -0.3 is 9.47 Å². The first kappa shape index (κ1) is 12.9. The molecular formula is C12H23O3. The molecule has 0 spiro atoms. The van der Waals surface area contributed by atoms with E-state index in [0.29, 0.717) is 25.9 Å². The molecule has 0 heterocycles. The minimum Gasteiger partial charge on any atom is -0.377 e. The van der Waals surface area contributed by atoms with Crippen LogP contribution in [0.3, 0.4) is 0 Å². The summed E-state index contributed by atoms with van der Waals surface area (Å²) < 4.78 is 10.8. The van der Waals surface area contributed by atoms with Crippen molar-refractivity contribution in [3.8, 4) is 0 Å². The molecule has 0 amide bonds. The van der Waals surface area contributed by atoms with Crippen LogP contribution in [0.5, 0.6) is 0 Å². The molecule has 0 atom stereocenters. The van der Waals surface area contributed by atoms with Crippen LogP contribution in [-0.2, 0) is 14.6 Å². The normalized spacial score (nSPS) is 26.8. The number of hydrogen-bond acceptors (Lipinski definition) is 2. The number of ether oxygens (including phenoxy) is 2. The van der Waals surface area contributed by atoms with E-state index in [4.69, 9.17) is 9.47 Å². The minimum absolute atomic E-state index is 0.151. The third-order valence-corrected chi connectivity index (χ3v) is 3.18.